The molecule has 0 radical (unpaired) electrons. The zero-order chi connectivity index (χ0) is 21.5. The smallest absolute Gasteiger partial charge is 0.407 e. The summed E-state index contributed by atoms with van der Waals surface area (Å²) in [7, 11) is 0. The van der Waals surface area contributed by atoms with E-state index in [1.807, 2.05) is 43.9 Å². The number of fused-ring (bicyclic) bond motifs is 2. The molecular weight excluding hydrogens is 378 g/mol. The summed E-state index contributed by atoms with van der Waals surface area (Å²) < 4.78 is 5.42. The van der Waals surface area contributed by atoms with E-state index in [2.05, 4.69) is 11.4 Å². The van der Waals surface area contributed by atoms with Gasteiger partial charge in [0.25, 0.3) is 0 Å². The van der Waals surface area contributed by atoms with Crippen LogP contribution < -0.4 is 5.32 Å². The molecule has 0 spiro atoms. The number of carbonyl (C=O) groups is 2. The minimum atomic E-state index is -0.532. The van der Waals surface area contributed by atoms with Gasteiger partial charge in [-0.05, 0) is 82.1 Å². The average molecular weight is 410 g/mol. The third-order valence-electron chi connectivity index (χ3n) is 6.92. The van der Waals surface area contributed by atoms with Gasteiger partial charge in [-0.3, -0.25) is 4.79 Å². The van der Waals surface area contributed by atoms with Crippen molar-refractivity contribution in [3.8, 4) is 6.07 Å². The summed E-state index contributed by atoms with van der Waals surface area (Å²) in [6.07, 6.45) is 4.97. The lowest BCUT2D eigenvalue weighted by Crippen LogP contribution is -2.47. The van der Waals surface area contributed by atoms with Gasteiger partial charge in [0.2, 0.25) is 5.91 Å². The highest BCUT2D eigenvalue weighted by Crippen LogP contribution is 2.55. The minimum absolute atomic E-state index is 0.0173. The van der Waals surface area contributed by atoms with Gasteiger partial charge in [-0.2, -0.15) is 5.26 Å². The summed E-state index contributed by atoms with van der Waals surface area (Å²) in [5.74, 6) is 0.545. The van der Waals surface area contributed by atoms with Crippen LogP contribution in [0.5, 0.6) is 0 Å². The van der Waals surface area contributed by atoms with E-state index in [4.69, 9.17) is 4.74 Å². The van der Waals surface area contributed by atoms with Crippen molar-refractivity contribution in [2.45, 2.75) is 77.5 Å². The van der Waals surface area contributed by atoms with E-state index >= 15 is 0 Å². The van der Waals surface area contributed by atoms with Crippen LogP contribution >= 0.6 is 0 Å². The number of alkyl carbamates (subject to hydrolysis) is 1. The van der Waals surface area contributed by atoms with E-state index in [0.717, 1.165) is 44.2 Å². The molecule has 4 rings (SSSR count). The molecular formula is C24H31N3O3. The number of nitriles is 1. The number of nitrogens with zero attached hydrogens (tertiary/aromatic N) is 2. The maximum atomic E-state index is 13.7. The Kier molecular flexibility index (Phi) is 5.25. The molecule has 30 heavy (non-hydrogen) atoms. The van der Waals surface area contributed by atoms with Gasteiger partial charge < -0.3 is 15.0 Å². The molecule has 2 fully saturated rings. The number of nitrogens with one attached hydrogen (secondary N) is 1. The van der Waals surface area contributed by atoms with E-state index in [1.165, 1.54) is 5.56 Å². The fourth-order valence-corrected chi connectivity index (χ4v) is 5.69. The number of hydrogen-bond donors (Lipinski definition) is 1. The Morgan fingerprint density at radius 3 is 2.83 bits per heavy atom. The monoisotopic (exact) mass is 409 g/mol. The highest BCUT2D eigenvalue weighted by atomic mass is 16.6. The lowest BCUT2D eigenvalue weighted by molar-refractivity contribution is -0.144. The quantitative estimate of drug-likeness (QED) is 0.803. The summed E-state index contributed by atoms with van der Waals surface area (Å²) in [6.45, 7) is 6.85. The van der Waals surface area contributed by atoms with E-state index in [9.17, 15) is 14.9 Å². The highest BCUT2D eigenvalue weighted by Gasteiger charge is 2.56. The standard InChI is InChI=1S/C24H31N3O3/c1-23(2,3)30-22(29)26-20-12-19-5-4-9-24(19,13-20)21(28)27-10-8-17-7-6-16(14-25)11-18(17)15-27/h6-7,11,19-20H,4-5,8-10,12-13,15H2,1-3H3,(H,26,29)/t19-,20-,24-/m1/s1. The van der Waals surface area contributed by atoms with Crippen molar-refractivity contribution in [1.82, 2.24) is 10.2 Å². The summed E-state index contributed by atoms with van der Waals surface area (Å²) in [5.41, 5.74) is 2.05. The maximum Gasteiger partial charge on any atom is 0.407 e. The van der Waals surface area contributed by atoms with Gasteiger partial charge in [-0.25, -0.2) is 4.79 Å². The molecule has 3 atom stereocenters. The Balaban J connectivity index is 1.47. The molecule has 2 aliphatic carbocycles. The Labute approximate surface area is 178 Å². The molecule has 0 bridgehead atoms. The Bertz CT molecular complexity index is 898. The van der Waals surface area contributed by atoms with Gasteiger partial charge in [0.15, 0.2) is 0 Å². The van der Waals surface area contributed by atoms with Crippen molar-refractivity contribution in [2.24, 2.45) is 11.3 Å². The van der Waals surface area contributed by atoms with Gasteiger partial charge in [-0.15, -0.1) is 0 Å². The van der Waals surface area contributed by atoms with E-state index in [-0.39, 0.29) is 17.4 Å². The highest BCUT2D eigenvalue weighted by molar-refractivity contribution is 5.84. The lowest BCUT2D eigenvalue weighted by atomic mass is 9.78. The van der Waals surface area contributed by atoms with Crippen molar-refractivity contribution in [3.63, 3.8) is 0 Å². The second kappa shape index (κ2) is 7.61. The SMILES string of the molecule is CC(C)(C)OC(=O)N[C@@H]1C[C@H]2CCC[C@@]2(C(=O)N2CCc3ccc(C#N)cc3C2)C1. The normalized spacial score (nSPS) is 27.7. The van der Waals surface area contributed by atoms with Gasteiger partial charge in [-0.1, -0.05) is 12.5 Å². The number of benzene rings is 1. The molecule has 1 N–H and O–H groups in total. The van der Waals surface area contributed by atoms with Gasteiger partial charge in [0.1, 0.15) is 5.60 Å². The molecule has 1 heterocycles. The first-order valence-corrected chi connectivity index (χ1v) is 11.0. The third-order valence-corrected chi connectivity index (χ3v) is 6.92. The first-order valence-electron chi connectivity index (χ1n) is 11.0. The first kappa shape index (κ1) is 20.7. The number of amides is 2. The molecule has 2 amide bonds. The Morgan fingerprint density at radius 1 is 1.30 bits per heavy atom. The summed E-state index contributed by atoms with van der Waals surface area (Å²) in [4.78, 5) is 28.0. The fourth-order valence-electron chi connectivity index (χ4n) is 5.69. The largest absolute Gasteiger partial charge is 0.444 e. The number of rotatable bonds is 2. The Hall–Kier alpha value is -2.55. The molecule has 2 saturated carbocycles. The van der Waals surface area contributed by atoms with Gasteiger partial charge in [0, 0.05) is 19.1 Å². The lowest BCUT2D eigenvalue weighted by Gasteiger charge is -2.37. The van der Waals surface area contributed by atoms with Crippen LogP contribution in [0, 0.1) is 22.7 Å². The van der Waals surface area contributed by atoms with Crippen LogP contribution in [-0.2, 0) is 22.5 Å². The Morgan fingerprint density at radius 2 is 2.10 bits per heavy atom. The average Bonchev–Trinajstić information content (AvgIpc) is 3.22. The van der Waals surface area contributed by atoms with Crippen LogP contribution in [0.2, 0.25) is 0 Å². The first-order chi connectivity index (χ1) is 14.2. The molecule has 0 aromatic heterocycles. The van der Waals surface area contributed by atoms with E-state index < -0.39 is 11.7 Å². The maximum absolute atomic E-state index is 13.7. The molecule has 160 valence electrons. The van der Waals surface area contributed by atoms with E-state index in [0.29, 0.717) is 24.4 Å². The van der Waals surface area contributed by atoms with Gasteiger partial charge in [0.05, 0.1) is 17.0 Å². The summed E-state index contributed by atoms with van der Waals surface area (Å²) >= 11 is 0. The third kappa shape index (κ3) is 3.90. The number of carbonyl (C=O) groups excluding carboxylic acids is 2. The number of hydrogen-bond acceptors (Lipinski definition) is 4. The van der Waals surface area contributed by atoms with Crippen molar-refractivity contribution in [2.75, 3.05) is 6.54 Å². The second-order valence-electron chi connectivity index (χ2n) is 10.1. The zero-order valence-corrected chi connectivity index (χ0v) is 18.2. The van der Waals surface area contributed by atoms with Crippen LogP contribution in [-0.4, -0.2) is 35.1 Å². The zero-order valence-electron chi connectivity index (χ0n) is 18.2. The van der Waals surface area contributed by atoms with Crippen LogP contribution in [0.4, 0.5) is 4.79 Å². The minimum Gasteiger partial charge on any atom is -0.444 e. The van der Waals surface area contributed by atoms with Crippen LogP contribution in [0.1, 0.15) is 69.6 Å². The molecule has 3 aliphatic rings. The molecule has 1 aliphatic heterocycles. The van der Waals surface area contributed by atoms with Crippen molar-refractivity contribution < 1.29 is 14.3 Å². The fraction of sp³-hybridized carbons (Fsp3) is 0.625. The molecule has 1 aromatic rings. The van der Waals surface area contributed by atoms with Crippen LogP contribution in [0.3, 0.4) is 0 Å². The predicted octanol–water partition coefficient (Wildman–Crippen LogP) is 3.92. The molecule has 0 saturated heterocycles. The van der Waals surface area contributed by atoms with Crippen LogP contribution in [0.15, 0.2) is 18.2 Å². The molecule has 1 aromatic carbocycles. The van der Waals surface area contributed by atoms with Crippen LogP contribution in [0.25, 0.3) is 0 Å². The van der Waals surface area contributed by atoms with E-state index in [1.54, 1.807) is 0 Å². The molecule has 0 unspecified atom stereocenters. The van der Waals surface area contributed by atoms with Crippen molar-refractivity contribution >= 4 is 12.0 Å². The van der Waals surface area contributed by atoms with Crippen molar-refractivity contribution in [3.05, 3.63) is 34.9 Å². The summed E-state index contributed by atoms with van der Waals surface area (Å²) in [6, 6.07) is 7.97. The number of ether oxygens (including phenoxy) is 1. The second-order valence-corrected chi connectivity index (χ2v) is 10.1. The molecule has 6 heteroatoms. The topological polar surface area (TPSA) is 82.4 Å². The van der Waals surface area contributed by atoms with Gasteiger partial charge >= 0.3 is 6.09 Å². The predicted molar refractivity (Wildman–Crippen MR) is 112 cm³/mol. The van der Waals surface area contributed by atoms with Crippen molar-refractivity contribution in [1.29, 1.82) is 5.26 Å². The molecule has 6 nitrogen and oxygen atoms in total. The summed E-state index contributed by atoms with van der Waals surface area (Å²) in [5, 5.41) is 12.2.